The standard InChI is InChI=1S/C17H28O3/c1-3-4-5-6-7-13(2)8-9-17(20)14-10-15(18)12-16(19)11-14/h10-13,17-20H,3-9H2,1-2H3/t13-,17+/m0/s1. The molecule has 1 aromatic rings. The van der Waals surface area contributed by atoms with Gasteiger partial charge in [0.2, 0.25) is 0 Å². The highest BCUT2D eigenvalue weighted by molar-refractivity contribution is 5.37. The van der Waals surface area contributed by atoms with Gasteiger partial charge in [-0.1, -0.05) is 46.0 Å². The predicted octanol–water partition coefficient (Wildman–Crippen LogP) is 4.52. The fraction of sp³-hybridized carbons (Fsp3) is 0.647. The molecule has 0 aromatic heterocycles. The van der Waals surface area contributed by atoms with Crippen molar-refractivity contribution in [3.8, 4) is 11.5 Å². The van der Waals surface area contributed by atoms with Crippen molar-refractivity contribution in [1.82, 2.24) is 0 Å². The molecule has 0 saturated heterocycles. The maximum absolute atomic E-state index is 10.1. The summed E-state index contributed by atoms with van der Waals surface area (Å²) in [5.41, 5.74) is 0.584. The lowest BCUT2D eigenvalue weighted by molar-refractivity contribution is 0.156. The minimum atomic E-state index is -0.619. The number of benzene rings is 1. The van der Waals surface area contributed by atoms with E-state index in [4.69, 9.17) is 0 Å². The molecule has 0 aliphatic carbocycles. The molecule has 0 aliphatic rings. The quantitative estimate of drug-likeness (QED) is 0.583. The van der Waals surface area contributed by atoms with E-state index >= 15 is 0 Å². The molecule has 1 aromatic carbocycles. The average Bonchev–Trinajstić information content (AvgIpc) is 2.40. The van der Waals surface area contributed by atoms with Crippen LogP contribution in [0, 0.1) is 5.92 Å². The van der Waals surface area contributed by atoms with Crippen LogP contribution in [0.25, 0.3) is 0 Å². The summed E-state index contributed by atoms with van der Waals surface area (Å²) < 4.78 is 0. The summed E-state index contributed by atoms with van der Waals surface area (Å²) >= 11 is 0. The third-order valence-electron chi connectivity index (χ3n) is 3.79. The molecule has 2 atom stereocenters. The number of aromatic hydroxyl groups is 2. The molecule has 20 heavy (non-hydrogen) atoms. The second kappa shape index (κ2) is 8.85. The molecule has 1 rings (SSSR count). The van der Waals surface area contributed by atoms with Crippen molar-refractivity contribution in [2.45, 2.75) is 64.9 Å². The van der Waals surface area contributed by atoms with Gasteiger partial charge in [-0.05, 0) is 36.5 Å². The van der Waals surface area contributed by atoms with Crippen LogP contribution in [0.3, 0.4) is 0 Å². The monoisotopic (exact) mass is 280 g/mol. The fourth-order valence-electron chi connectivity index (χ4n) is 2.48. The summed E-state index contributed by atoms with van der Waals surface area (Å²) in [6.07, 6.45) is 7.33. The van der Waals surface area contributed by atoms with Crippen LogP contribution in [0.1, 0.15) is 70.5 Å². The number of aliphatic hydroxyl groups excluding tert-OH is 1. The average molecular weight is 280 g/mol. The number of phenolic OH excluding ortho intramolecular Hbond substituents is 2. The lowest BCUT2D eigenvalue weighted by Gasteiger charge is -2.15. The molecule has 0 saturated carbocycles. The Labute approximate surface area is 122 Å². The van der Waals surface area contributed by atoms with E-state index in [0.29, 0.717) is 17.9 Å². The molecule has 0 heterocycles. The van der Waals surface area contributed by atoms with Crippen LogP contribution in [0.2, 0.25) is 0 Å². The molecule has 114 valence electrons. The summed E-state index contributed by atoms with van der Waals surface area (Å²) in [4.78, 5) is 0. The summed E-state index contributed by atoms with van der Waals surface area (Å²) in [6, 6.07) is 4.29. The Kier molecular flexibility index (Phi) is 7.45. The minimum absolute atomic E-state index is 0.00772. The third kappa shape index (κ3) is 6.29. The molecule has 0 aliphatic heterocycles. The molecule has 0 amide bonds. The van der Waals surface area contributed by atoms with Gasteiger partial charge >= 0.3 is 0 Å². The van der Waals surface area contributed by atoms with Crippen LogP contribution in [0.5, 0.6) is 11.5 Å². The second-order valence-corrected chi connectivity index (χ2v) is 5.83. The lowest BCUT2D eigenvalue weighted by Crippen LogP contribution is -2.02. The van der Waals surface area contributed by atoms with E-state index < -0.39 is 6.10 Å². The Morgan fingerprint density at radius 3 is 2.15 bits per heavy atom. The van der Waals surface area contributed by atoms with E-state index in [1.54, 1.807) is 0 Å². The van der Waals surface area contributed by atoms with Crippen molar-refractivity contribution >= 4 is 0 Å². The molecule has 3 nitrogen and oxygen atoms in total. The highest BCUT2D eigenvalue weighted by Gasteiger charge is 2.12. The van der Waals surface area contributed by atoms with Gasteiger partial charge in [0.1, 0.15) is 11.5 Å². The van der Waals surface area contributed by atoms with Crippen molar-refractivity contribution in [3.63, 3.8) is 0 Å². The Morgan fingerprint density at radius 1 is 0.900 bits per heavy atom. The number of unbranched alkanes of at least 4 members (excludes halogenated alkanes) is 3. The fourth-order valence-corrected chi connectivity index (χ4v) is 2.48. The van der Waals surface area contributed by atoms with Crippen LogP contribution >= 0.6 is 0 Å². The minimum Gasteiger partial charge on any atom is -0.508 e. The van der Waals surface area contributed by atoms with E-state index in [2.05, 4.69) is 13.8 Å². The molecule has 3 N–H and O–H groups in total. The normalized spacial score (nSPS) is 14.2. The summed E-state index contributed by atoms with van der Waals surface area (Å²) in [5, 5.41) is 28.9. The Hall–Kier alpha value is -1.22. The number of phenols is 2. The van der Waals surface area contributed by atoms with Crippen LogP contribution in [0.4, 0.5) is 0 Å². The van der Waals surface area contributed by atoms with E-state index in [1.165, 1.54) is 50.3 Å². The van der Waals surface area contributed by atoms with Gasteiger partial charge < -0.3 is 15.3 Å². The van der Waals surface area contributed by atoms with Crippen LogP contribution < -0.4 is 0 Å². The van der Waals surface area contributed by atoms with Crippen molar-refractivity contribution in [2.75, 3.05) is 0 Å². The molecule has 0 fully saturated rings. The van der Waals surface area contributed by atoms with Crippen molar-refractivity contribution in [1.29, 1.82) is 0 Å². The van der Waals surface area contributed by atoms with Gasteiger partial charge in [0.25, 0.3) is 0 Å². The molecule has 0 radical (unpaired) electrons. The van der Waals surface area contributed by atoms with Gasteiger partial charge in [0.15, 0.2) is 0 Å². The maximum Gasteiger partial charge on any atom is 0.119 e. The zero-order chi connectivity index (χ0) is 15.0. The largest absolute Gasteiger partial charge is 0.508 e. The predicted molar refractivity (Wildman–Crippen MR) is 81.9 cm³/mol. The van der Waals surface area contributed by atoms with E-state index in [0.717, 1.165) is 6.42 Å². The van der Waals surface area contributed by atoms with E-state index in [9.17, 15) is 15.3 Å². The topological polar surface area (TPSA) is 60.7 Å². The molecule has 0 unspecified atom stereocenters. The van der Waals surface area contributed by atoms with Gasteiger partial charge in [0, 0.05) is 6.07 Å². The van der Waals surface area contributed by atoms with Gasteiger partial charge in [-0.3, -0.25) is 0 Å². The van der Waals surface area contributed by atoms with E-state index in [1.807, 2.05) is 0 Å². The first-order valence-corrected chi connectivity index (χ1v) is 7.74. The Bertz CT molecular complexity index is 370. The van der Waals surface area contributed by atoms with Gasteiger partial charge in [-0.2, -0.15) is 0 Å². The van der Waals surface area contributed by atoms with Crippen LogP contribution in [-0.2, 0) is 0 Å². The van der Waals surface area contributed by atoms with Gasteiger partial charge in [-0.25, -0.2) is 0 Å². The number of rotatable bonds is 9. The van der Waals surface area contributed by atoms with E-state index in [-0.39, 0.29) is 11.5 Å². The van der Waals surface area contributed by atoms with Crippen LogP contribution in [-0.4, -0.2) is 15.3 Å². The summed E-state index contributed by atoms with van der Waals surface area (Å²) in [6.45, 7) is 4.43. The molecule has 0 bridgehead atoms. The SMILES string of the molecule is CCCCCC[C@H](C)CC[C@@H](O)c1cc(O)cc(O)c1. The number of aliphatic hydroxyl groups is 1. The highest BCUT2D eigenvalue weighted by Crippen LogP contribution is 2.28. The third-order valence-corrected chi connectivity index (χ3v) is 3.79. The maximum atomic E-state index is 10.1. The van der Waals surface area contributed by atoms with Crippen molar-refractivity contribution in [2.24, 2.45) is 5.92 Å². The lowest BCUT2D eigenvalue weighted by atomic mass is 9.94. The molecular formula is C17H28O3. The summed E-state index contributed by atoms with van der Waals surface area (Å²) in [7, 11) is 0. The Morgan fingerprint density at radius 2 is 1.55 bits per heavy atom. The molecule has 0 spiro atoms. The van der Waals surface area contributed by atoms with Gasteiger partial charge in [0.05, 0.1) is 6.10 Å². The zero-order valence-electron chi connectivity index (χ0n) is 12.7. The number of hydrogen-bond acceptors (Lipinski definition) is 3. The van der Waals surface area contributed by atoms with Gasteiger partial charge in [-0.15, -0.1) is 0 Å². The van der Waals surface area contributed by atoms with Crippen molar-refractivity contribution in [3.05, 3.63) is 23.8 Å². The first kappa shape index (κ1) is 16.8. The molecular weight excluding hydrogens is 252 g/mol. The molecule has 3 heteroatoms. The first-order valence-electron chi connectivity index (χ1n) is 7.74. The smallest absolute Gasteiger partial charge is 0.119 e. The summed E-state index contributed by atoms with van der Waals surface area (Å²) in [5.74, 6) is 0.589. The Balaban J connectivity index is 2.33. The first-order chi connectivity index (χ1) is 9.52. The zero-order valence-corrected chi connectivity index (χ0v) is 12.7. The number of hydrogen-bond donors (Lipinski definition) is 3. The van der Waals surface area contributed by atoms with Crippen LogP contribution in [0.15, 0.2) is 18.2 Å². The highest BCUT2D eigenvalue weighted by atomic mass is 16.3. The van der Waals surface area contributed by atoms with Crippen molar-refractivity contribution < 1.29 is 15.3 Å². The second-order valence-electron chi connectivity index (χ2n) is 5.83.